The van der Waals surface area contributed by atoms with E-state index in [1.165, 1.54) is 11.1 Å². The molecule has 3 heterocycles. The Balaban J connectivity index is 1.53. The van der Waals surface area contributed by atoms with Gasteiger partial charge in [0.05, 0.1) is 35.3 Å². The van der Waals surface area contributed by atoms with Crippen molar-refractivity contribution in [3.05, 3.63) is 78.3 Å². The lowest BCUT2D eigenvalue weighted by Crippen LogP contribution is -2.50. The number of nitrogens with zero attached hydrogens (tertiary/aromatic N) is 3. The molecular formula is C24H25N4OS. The molecule has 1 aromatic heterocycles. The SMILES string of the molecule is C=C1CN(N2[C]=C(c3ccccc3)SC2C)C(C)(c2nc3cc(OC)ccc3[nH]2)C1. The third-order valence-electron chi connectivity index (χ3n) is 5.88. The number of aromatic amines is 1. The van der Waals surface area contributed by atoms with E-state index in [0.717, 1.165) is 40.5 Å². The van der Waals surface area contributed by atoms with Gasteiger partial charge in [0.2, 0.25) is 0 Å². The first kappa shape index (κ1) is 19.3. The molecule has 2 aliphatic heterocycles. The van der Waals surface area contributed by atoms with Gasteiger partial charge in [-0.2, -0.15) is 0 Å². The Labute approximate surface area is 181 Å². The van der Waals surface area contributed by atoms with Gasteiger partial charge in [-0.3, -0.25) is 5.01 Å². The molecule has 0 aliphatic carbocycles. The van der Waals surface area contributed by atoms with Gasteiger partial charge in [-0.25, -0.2) is 9.99 Å². The second kappa shape index (κ2) is 7.22. The minimum absolute atomic E-state index is 0.245. The van der Waals surface area contributed by atoms with E-state index in [4.69, 9.17) is 9.72 Å². The number of methoxy groups -OCH3 is 1. The van der Waals surface area contributed by atoms with Crippen molar-refractivity contribution in [3.8, 4) is 5.75 Å². The fourth-order valence-corrected chi connectivity index (χ4v) is 5.35. The van der Waals surface area contributed by atoms with E-state index in [2.05, 4.69) is 65.9 Å². The molecule has 1 saturated heterocycles. The average molecular weight is 418 g/mol. The molecule has 3 aromatic rings. The van der Waals surface area contributed by atoms with Crippen LogP contribution < -0.4 is 4.74 Å². The number of aromatic nitrogens is 2. The Bertz CT molecular complexity index is 1140. The number of rotatable bonds is 4. The molecule has 2 atom stereocenters. The van der Waals surface area contributed by atoms with E-state index in [1.54, 1.807) is 7.11 Å². The monoisotopic (exact) mass is 417 g/mol. The normalized spacial score (nSPS) is 24.6. The number of nitrogens with one attached hydrogen (secondary N) is 1. The summed E-state index contributed by atoms with van der Waals surface area (Å²) in [6.45, 7) is 9.55. The van der Waals surface area contributed by atoms with Crippen molar-refractivity contribution in [3.63, 3.8) is 0 Å². The van der Waals surface area contributed by atoms with Crippen LogP contribution in [-0.4, -0.2) is 39.0 Å². The van der Waals surface area contributed by atoms with Crippen molar-refractivity contribution in [2.45, 2.75) is 31.2 Å². The van der Waals surface area contributed by atoms with E-state index in [-0.39, 0.29) is 10.9 Å². The highest BCUT2D eigenvalue weighted by Crippen LogP contribution is 2.47. The Morgan fingerprint density at radius 1 is 1.27 bits per heavy atom. The molecule has 6 heteroatoms. The molecule has 1 radical (unpaired) electrons. The molecule has 2 unspecified atom stereocenters. The number of ether oxygens (including phenoxy) is 1. The van der Waals surface area contributed by atoms with Gasteiger partial charge in [-0.05, 0) is 38.0 Å². The number of H-pyrrole nitrogens is 1. The highest BCUT2D eigenvalue weighted by Gasteiger charge is 2.47. The van der Waals surface area contributed by atoms with Crippen LogP contribution in [0.5, 0.6) is 5.75 Å². The van der Waals surface area contributed by atoms with Gasteiger partial charge in [0.1, 0.15) is 11.6 Å². The highest BCUT2D eigenvalue weighted by molar-refractivity contribution is 8.09. The van der Waals surface area contributed by atoms with Crippen LogP contribution in [0.1, 0.15) is 31.7 Å². The molecule has 0 amide bonds. The topological polar surface area (TPSA) is 44.4 Å². The number of imidazole rings is 1. The van der Waals surface area contributed by atoms with Crippen LogP contribution in [-0.2, 0) is 5.54 Å². The lowest BCUT2D eigenvalue weighted by molar-refractivity contribution is -0.0552. The fourth-order valence-electron chi connectivity index (χ4n) is 4.33. The number of fused-ring (bicyclic) bond motifs is 1. The quantitative estimate of drug-likeness (QED) is 0.594. The summed E-state index contributed by atoms with van der Waals surface area (Å²) >= 11 is 1.83. The Morgan fingerprint density at radius 2 is 2.07 bits per heavy atom. The molecule has 5 rings (SSSR count). The zero-order chi connectivity index (χ0) is 20.9. The number of thioether (sulfide) groups is 1. The molecule has 2 aliphatic rings. The van der Waals surface area contributed by atoms with E-state index >= 15 is 0 Å². The fraction of sp³-hybridized carbons (Fsp3) is 0.292. The number of hydrogen-bond acceptors (Lipinski definition) is 5. The smallest absolute Gasteiger partial charge is 0.129 e. The summed E-state index contributed by atoms with van der Waals surface area (Å²) in [4.78, 5) is 9.65. The summed E-state index contributed by atoms with van der Waals surface area (Å²) in [5.74, 6) is 1.75. The first-order valence-electron chi connectivity index (χ1n) is 10.1. The molecule has 2 aromatic carbocycles. The van der Waals surface area contributed by atoms with Crippen LogP contribution >= 0.6 is 11.8 Å². The lowest BCUT2D eigenvalue weighted by Gasteiger charge is -2.40. The van der Waals surface area contributed by atoms with E-state index in [9.17, 15) is 0 Å². The molecule has 0 spiro atoms. The first-order valence-corrected chi connectivity index (χ1v) is 11.0. The Kier molecular flexibility index (Phi) is 4.64. The number of hydrazine groups is 1. The van der Waals surface area contributed by atoms with Crippen molar-refractivity contribution < 1.29 is 4.74 Å². The van der Waals surface area contributed by atoms with Gasteiger partial charge >= 0.3 is 0 Å². The van der Waals surface area contributed by atoms with Crippen molar-refractivity contribution >= 4 is 27.7 Å². The van der Waals surface area contributed by atoms with E-state index in [1.807, 2.05) is 36.0 Å². The summed E-state index contributed by atoms with van der Waals surface area (Å²) in [6, 6.07) is 16.4. The molecule has 153 valence electrons. The minimum atomic E-state index is -0.322. The van der Waals surface area contributed by atoms with E-state index in [0.29, 0.717) is 0 Å². The average Bonchev–Trinajstić information content (AvgIpc) is 3.43. The van der Waals surface area contributed by atoms with Gasteiger partial charge in [0.25, 0.3) is 0 Å². The second-order valence-electron chi connectivity index (χ2n) is 8.10. The van der Waals surface area contributed by atoms with E-state index < -0.39 is 0 Å². The summed E-state index contributed by atoms with van der Waals surface area (Å²) in [5.41, 5.74) is 4.00. The van der Waals surface area contributed by atoms with Gasteiger partial charge in [-0.1, -0.05) is 54.2 Å². The lowest BCUT2D eigenvalue weighted by atomic mass is 9.97. The van der Waals surface area contributed by atoms with Crippen LogP contribution in [0.4, 0.5) is 0 Å². The first-order chi connectivity index (χ1) is 14.5. The third kappa shape index (κ3) is 3.11. The summed E-state index contributed by atoms with van der Waals surface area (Å²) in [5, 5.41) is 4.84. The second-order valence-corrected chi connectivity index (χ2v) is 9.42. The predicted molar refractivity (Wildman–Crippen MR) is 122 cm³/mol. The van der Waals surface area contributed by atoms with Gasteiger partial charge in [-0.15, -0.1) is 0 Å². The zero-order valence-corrected chi connectivity index (χ0v) is 18.3. The van der Waals surface area contributed by atoms with Gasteiger partial charge in [0.15, 0.2) is 0 Å². The third-order valence-corrected chi connectivity index (χ3v) is 6.99. The summed E-state index contributed by atoms with van der Waals surface area (Å²) in [6.07, 6.45) is 4.48. The zero-order valence-electron chi connectivity index (χ0n) is 17.5. The highest BCUT2D eigenvalue weighted by atomic mass is 32.2. The molecule has 5 nitrogen and oxygen atoms in total. The minimum Gasteiger partial charge on any atom is -0.497 e. The van der Waals surface area contributed by atoms with Crippen LogP contribution in [0.3, 0.4) is 0 Å². The summed E-state index contributed by atoms with van der Waals surface area (Å²) < 4.78 is 5.37. The molecule has 1 fully saturated rings. The maximum absolute atomic E-state index is 5.37. The molecule has 0 bridgehead atoms. The van der Waals surface area contributed by atoms with Crippen LogP contribution in [0.25, 0.3) is 15.9 Å². The molecule has 1 N–H and O–H groups in total. The van der Waals surface area contributed by atoms with Crippen molar-refractivity contribution in [2.24, 2.45) is 0 Å². The molecule has 30 heavy (non-hydrogen) atoms. The standard InChI is InChI=1S/C24H25N4OS/c1-16-13-24(3,23-25-20-11-10-19(29-4)12-21(20)26-23)28(14-16)27-15-22(30-17(27)2)18-8-6-5-7-9-18/h5-12,17H,1,13-14H2,2-4H3,(H,25,26). The molecule has 0 saturated carbocycles. The van der Waals surface area contributed by atoms with Crippen molar-refractivity contribution in [2.75, 3.05) is 13.7 Å². The van der Waals surface area contributed by atoms with Crippen molar-refractivity contribution in [1.82, 2.24) is 20.0 Å². The largest absolute Gasteiger partial charge is 0.497 e. The molecular weight excluding hydrogens is 392 g/mol. The Hall–Kier alpha value is -2.70. The van der Waals surface area contributed by atoms with Crippen LogP contribution in [0, 0.1) is 6.20 Å². The van der Waals surface area contributed by atoms with Gasteiger partial charge in [0, 0.05) is 17.5 Å². The maximum atomic E-state index is 5.37. The van der Waals surface area contributed by atoms with Gasteiger partial charge < -0.3 is 9.72 Å². The number of hydrogen-bond donors (Lipinski definition) is 1. The van der Waals surface area contributed by atoms with Crippen LogP contribution in [0.15, 0.2) is 60.7 Å². The van der Waals surface area contributed by atoms with Crippen LogP contribution in [0.2, 0.25) is 0 Å². The van der Waals surface area contributed by atoms with Crippen molar-refractivity contribution in [1.29, 1.82) is 0 Å². The number of benzene rings is 2. The maximum Gasteiger partial charge on any atom is 0.129 e. The summed E-state index contributed by atoms with van der Waals surface area (Å²) in [7, 11) is 1.68. The Morgan fingerprint density at radius 3 is 2.83 bits per heavy atom. The predicted octanol–water partition coefficient (Wildman–Crippen LogP) is 5.16.